The number of carbonyl (C=O) groups is 2. The second-order valence-corrected chi connectivity index (χ2v) is 5.63. The highest BCUT2D eigenvalue weighted by Crippen LogP contribution is 2.18. The first-order chi connectivity index (χ1) is 11.2. The summed E-state index contributed by atoms with van der Waals surface area (Å²) in [6.45, 7) is 4.19. The quantitative estimate of drug-likeness (QED) is 0.730. The van der Waals surface area contributed by atoms with Gasteiger partial charge in [-0.1, -0.05) is 0 Å². The number of nitrogens with one attached hydrogen (secondary N) is 1. The van der Waals surface area contributed by atoms with Crippen LogP contribution < -0.4 is 16.0 Å². The number of hydrogen-bond donors (Lipinski definition) is 2. The van der Waals surface area contributed by atoms with Crippen LogP contribution in [0.1, 0.15) is 10.4 Å². The molecule has 2 fully saturated rings. The number of aromatic nitrogens is 1. The molecule has 0 saturated carbocycles. The van der Waals surface area contributed by atoms with E-state index in [9.17, 15) is 9.59 Å². The largest absolute Gasteiger partial charge is 0.378 e. The third-order valence-electron chi connectivity index (χ3n) is 4.16. The van der Waals surface area contributed by atoms with Gasteiger partial charge in [0.2, 0.25) is 5.91 Å². The molecule has 3 N–H and O–H groups in total. The molecule has 3 rings (SSSR count). The second-order valence-electron chi connectivity index (χ2n) is 5.63. The van der Waals surface area contributed by atoms with Crippen molar-refractivity contribution in [1.29, 1.82) is 0 Å². The van der Waals surface area contributed by atoms with Crippen molar-refractivity contribution in [3.8, 4) is 0 Å². The van der Waals surface area contributed by atoms with Crippen molar-refractivity contribution in [3.05, 3.63) is 23.9 Å². The monoisotopic (exact) mass is 391 g/mol. The lowest BCUT2D eigenvalue weighted by molar-refractivity contribution is -0.136. The number of pyridine rings is 1. The van der Waals surface area contributed by atoms with E-state index in [0.29, 0.717) is 57.3 Å². The van der Waals surface area contributed by atoms with Gasteiger partial charge in [0.25, 0.3) is 5.91 Å². The summed E-state index contributed by atoms with van der Waals surface area (Å²) in [5.41, 5.74) is 5.81. The normalized spacial score (nSPS) is 20.2. The Hall–Kier alpha value is -1.61. The highest BCUT2D eigenvalue weighted by Gasteiger charge is 2.29. The van der Waals surface area contributed by atoms with Crippen molar-refractivity contribution in [2.24, 2.45) is 5.73 Å². The van der Waals surface area contributed by atoms with Crippen molar-refractivity contribution in [3.63, 3.8) is 0 Å². The molecule has 0 spiro atoms. The first kappa shape index (κ1) is 21.4. The number of carbonyl (C=O) groups excluding carboxylic acids is 2. The summed E-state index contributed by atoms with van der Waals surface area (Å²) in [6, 6.07) is 3.11. The van der Waals surface area contributed by atoms with E-state index in [1.54, 1.807) is 18.3 Å². The molecular formula is C15H23Cl2N5O3. The Labute approximate surface area is 158 Å². The Morgan fingerprint density at radius 2 is 1.96 bits per heavy atom. The number of amides is 2. The van der Waals surface area contributed by atoms with Crippen LogP contribution in [0.5, 0.6) is 0 Å². The predicted octanol–water partition coefficient (Wildman–Crippen LogP) is -0.339. The van der Waals surface area contributed by atoms with E-state index >= 15 is 0 Å². The number of halogens is 2. The van der Waals surface area contributed by atoms with E-state index < -0.39 is 5.91 Å². The topological polar surface area (TPSA) is 101 Å². The van der Waals surface area contributed by atoms with E-state index in [4.69, 9.17) is 10.5 Å². The van der Waals surface area contributed by atoms with Crippen LogP contribution in [-0.4, -0.2) is 73.7 Å². The molecule has 2 amide bonds. The Balaban J connectivity index is 0.00000156. The van der Waals surface area contributed by atoms with Crippen molar-refractivity contribution >= 4 is 42.4 Å². The van der Waals surface area contributed by atoms with Gasteiger partial charge < -0.3 is 25.6 Å². The van der Waals surface area contributed by atoms with Crippen LogP contribution in [0, 0.1) is 0 Å². The smallest absolute Gasteiger partial charge is 0.252 e. The maximum absolute atomic E-state index is 12.4. The van der Waals surface area contributed by atoms with Gasteiger partial charge in [0.1, 0.15) is 11.9 Å². The number of piperazine rings is 1. The zero-order valence-corrected chi connectivity index (χ0v) is 15.4. The lowest BCUT2D eigenvalue weighted by atomic mass is 10.2. The number of ether oxygens (including phenoxy) is 1. The number of nitrogens with zero attached hydrogens (tertiary/aromatic N) is 3. The van der Waals surface area contributed by atoms with Gasteiger partial charge >= 0.3 is 0 Å². The highest BCUT2D eigenvalue weighted by atomic mass is 35.5. The van der Waals surface area contributed by atoms with Crippen molar-refractivity contribution < 1.29 is 14.3 Å². The minimum Gasteiger partial charge on any atom is -0.378 e. The van der Waals surface area contributed by atoms with Gasteiger partial charge in [-0.25, -0.2) is 4.98 Å². The predicted molar refractivity (Wildman–Crippen MR) is 98.7 cm³/mol. The van der Waals surface area contributed by atoms with Gasteiger partial charge in [-0.15, -0.1) is 24.8 Å². The summed E-state index contributed by atoms with van der Waals surface area (Å²) in [6.07, 6.45) is 1.64. The summed E-state index contributed by atoms with van der Waals surface area (Å²) < 4.78 is 5.34. The molecule has 0 bridgehead atoms. The first-order valence-corrected chi connectivity index (χ1v) is 7.76. The summed E-state index contributed by atoms with van der Waals surface area (Å²) in [5, 5.41) is 3.18. The Morgan fingerprint density at radius 3 is 2.56 bits per heavy atom. The van der Waals surface area contributed by atoms with Crippen LogP contribution in [-0.2, 0) is 9.53 Å². The molecular weight excluding hydrogens is 369 g/mol. The van der Waals surface area contributed by atoms with Gasteiger partial charge in [0.05, 0.1) is 18.8 Å². The van der Waals surface area contributed by atoms with Crippen LogP contribution in [0.3, 0.4) is 0 Å². The molecule has 2 saturated heterocycles. The minimum absolute atomic E-state index is 0. The molecule has 0 aliphatic carbocycles. The third kappa shape index (κ3) is 4.94. The van der Waals surface area contributed by atoms with Crippen molar-refractivity contribution in [1.82, 2.24) is 15.2 Å². The van der Waals surface area contributed by atoms with Crippen LogP contribution in [0.4, 0.5) is 5.82 Å². The molecule has 1 aromatic rings. The number of hydrogen-bond acceptors (Lipinski definition) is 6. The average molecular weight is 392 g/mol. The Kier molecular flexibility index (Phi) is 8.37. The van der Waals surface area contributed by atoms with Crippen molar-refractivity contribution in [2.45, 2.75) is 6.04 Å². The van der Waals surface area contributed by atoms with E-state index in [-0.39, 0.29) is 36.8 Å². The van der Waals surface area contributed by atoms with Crippen LogP contribution in [0.25, 0.3) is 0 Å². The minimum atomic E-state index is -0.491. The lowest BCUT2D eigenvalue weighted by Crippen LogP contribution is -2.57. The molecule has 10 heteroatoms. The van der Waals surface area contributed by atoms with Gasteiger partial charge in [0.15, 0.2) is 0 Å². The molecule has 2 aliphatic heterocycles. The number of rotatable bonds is 3. The van der Waals surface area contributed by atoms with Gasteiger partial charge in [-0.3, -0.25) is 9.59 Å². The fraction of sp³-hybridized carbons (Fsp3) is 0.533. The summed E-state index contributed by atoms with van der Waals surface area (Å²) in [5.74, 6) is 0.168. The van der Waals surface area contributed by atoms with Crippen LogP contribution in [0.15, 0.2) is 18.3 Å². The van der Waals surface area contributed by atoms with E-state index in [1.165, 1.54) is 0 Å². The van der Waals surface area contributed by atoms with Crippen LogP contribution in [0.2, 0.25) is 0 Å². The highest BCUT2D eigenvalue weighted by molar-refractivity contribution is 5.97. The molecule has 8 nitrogen and oxygen atoms in total. The maximum Gasteiger partial charge on any atom is 0.252 e. The fourth-order valence-electron chi connectivity index (χ4n) is 2.92. The third-order valence-corrected chi connectivity index (χ3v) is 4.16. The number of morpholine rings is 1. The van der Waals surface area contributed by atoms with E-state index in [0.717, 1.165) is 0 Å². The number of nitrogens with two attached hydrogens (primary N) is 1. The lowest BCUT2D eigenvalue weighted by Gasteiger charge is -2.38. The standard InChI is InChI=1S/C15H21N5O3.2ClH/c16-13(21)11-2-1-3-18-14(11)19-5-7-20(8-6-19)15(22)12-10-23-9-4-17-12;;/h1-3,12,17H,4-10H2,(H2,16,21);2*1H. The molecule has 1 atom stereocenters. The maximum atomic E-state index is 12.4. The number of anilines is 1. The fourth-order valence-corrected chi connectivity index (χ4v) is 2.92. The SMILES string of the molecule is Cl.Cl.NC(=O)c1cccnc1N1CCN(C(=O)C2COCCN2)CC1. The number of primary amides is 1. The molecule has 0 radical (unpaired) electrons. The van der Waals surface area contributed by atoms with E-state index in [1.807, 2.05) is 9.80 Å². The first-order valence-electron chi connectivity index (χ1n) is 7.76. The molecule has 140 valence electrons. The van der Waals surface area contributed by atoms with Gasteiger partial charge in [-0.05, 0) is 12.1 Å². The zero-order chi connectivity index (χ0) is 16.2. The van der Waals surface area contributed by atoms with Gasteiger partial charge in [0, 0.05) is 38.9 Å². The van der Waals surface area contributed by atoms with Crippen LogP contribution >= 0.6 is 24.8 Å². The van der Waals surface area contributed by atoms with E-state index in [2.05, 4.69) is 10.3 Å². The van der Waals surface area contributed by atoms with Crippen molar-refractivity contribution in [2.75, 3.05) is 50.8 Å². The summed E-state index contributed by atoms with van der Waals surface area (Å²) in [7, 11) is 0. The summed E-state index contributed by atoms with van der Waals surface area (Å²) in [4.78, 5) is 32.1. The zero-order valence-electron chi connectivity index (χ0n) is 13.7. The molecule has 1 aromatic heterocycles. The molecule has 3 heterocycles. The Morgan fingerprint density at radius 1 is 1.24 bits per heavy atom. The molecule has 1 unspecified atom stereocenters. The molecule has 2 aliphatic rings. The van der Waals surface area contributed by atoms with Gasteiger partial charge in [-0.2, -0.15) is 0 Å². The molecule has 25 heavy (non-hydrogen) atoms. The Bertz CT molecular complexity index is 590. The second kappa shape index (κ2) is 9.76. The summed E-state index contributed by atoms with van der Waals surface area (Å²) >= 11 is 0. The average Bonchev–Trinajstić information content (AvgIpc) is 2.62. The molecule has 0 aromatic carbocycles.